The largest absolute Gasteiger partial charge is 0.497 e. The molecule has 2 aromatic heterocycles. The molecule has 37 heavy (non-hydrogen) atoms. The highest BCUT2D eigenvalue weighted by atomic mass is 19.1. The average Bonchev–Trinajstić information content (AvgIpc) is 3.40. The molecule has 194 valence electrons. The topological polar surface area (TPSA) is 92.2 Å². The average molecular weight is 506 g/mol. The lowest BCUT2D eigenvalue weighted by Gasteiger charge is -2.40. The van der Waals surface area contributed by atoms with E-state index in [1.54, 1.807) is 19.2 Å². The molecule has 3 heterocycles. The second kappa shape index (κ2) is 9.93. The molecule has 1 atom stereocenters. The number of hydrogen-bond donors (Lipinski definition) is 1. The van der Waals surface area contributed by atoms with Crippen LogP contribution in [0.15, 0.2) is 53.3 Å². The lowest BCUT2D eigenvalue weighted by atomic mass is 9.98. The third-order valence-corrected chi connectivity index (χ3v) is 7.42. The van der Waals surface area contributed by atoms with Gasteiger partial charge in [-0.25, -0.2) is 9.07 Å². The third-order valence-electron chi connectivity index (χ3n) is 7.42. The predicted molar refractivity (Wildman–Crippen MR) is 141 cm³/mol. The van der Waals surface area contributed by atoms with Crippen LogP contribution in [0.4, 0.5) is 10.1 Å². The fourth-order valence-electron chi connectivity index (χ4n) is 4.87. The first-order valence-corrected chi connectivity index (χ1v) is 12.5. The molecule has 0 spiro atoms. The van der Waals surface area contributed by atoms with Crippen molar-refractivity contribution in [1.29, 1.82) is 0 Å². The Bertz CT molecular complexity index is 1440. The highest BCUT2D eigenvalue weighted by Gasteiger charge is 2.35. The molecular formula is C27H32FN7O2. The van der Waals surface area contributed by atoms with Gasteiger partial charge in [0, 0.05) is 48.3 Å². The van der Waals surface area contributed by atoms with E-state index in [2.05, 4.69) is 51.1 Å². The molecule has 5 rings (SSSR count). The first kappa shape index (κ1) is 24.9. The molecule has 4 aromatic rings. The summed E-state index contributed by atoms with van der Waals surface area (Å²) < 4.78 is 20.7. The summed E-state index contributed by atoms with van der Waals surface area (Å²) >= 11 is 0. The maximum atomic E-state index is 13.5. The van der Waals surface area contributed by atoms with Crippen LogP contribution in [0.5, 0.6) is 5.75 Å². The Balaban J connectivity index is 1.56. The Morgan fingerprint density at radius 3 is 2.49 bits per heavy atom. The number of hydrogen-bond acceptors (Lipinski definition) is 7. The van der Waals surface area contributed by atoms with Gasteiger partial charge in [-0.3, -0.25) is 9.69 Å². The number of tetrazole rings is 1. The Hall–Kier alpha value is -3.79. The molecule has 0 amide bonds. The van der Waals surface area contributed by atoms with Crippen molar-refractivity contribution in [3.8, 4) is 5.75 Å². The number of ether oxygens (including phenoxy) is 1. The molecule has 1 unspecified atom stereocenters. The van der Waals surface area contributed by atoms with Crippen LogP contribution < -0.4 is 15.2 Å². The van der Waals surface area contributed by atoms with E-state index in [1.165, 1.54) is 12.1 Å². The van der Waals surface area contributed by atoms with Crippen molar-refractivity contribution < 1.29 is 9.13 Å². The Kier molecular flexibility index (Phi) is 6.68. The second-order valence-corrected chi connectivity index (χ2v) is 10.0. The smallest absolute Gasteiger partial charge is 0.253 e. The summed E-state index contributed by atoms with van der Waals surface area (Å²) in [7, 11) is 1.62. The minimum absolute atomic E-state index is 0.174. The van der Waals surface area contributed by atoms with Crippen LogP contribution in [0.3, 0.4) is 0 Å². The van der Waals surface area contributed by atoms with E-state index in [0.717, 1.165) is 36.1 Å². The molecule has 0 aliphatic carbocycles. The summed E-state index contributed by atoms with van der Waals surface area (Å²) in [5, 5.41) is 13.7. The standard InChI is InChI=1S/C27H32FN7O2/c1-5-27(2,3)35-25(30-31-32-35)24(22-17-18-16-21(37-4)10-11-23(18)29-26(22)36)34-14-12-33(13-15-34)20-8-6-19(28)7-9-20/h6-11,16-17,24H,5,12-15H2,1-4H3,(H,29,36). The number of H-pyrrole nitrogens is 1. The summed E-state index contributed by atoms with van der Waals surface area (Å²) in [5.74, 6) is 1.10. The maximum Gasteiger partial charge on any atom is 0.253 e. The van der Waals surface area contributed by atoms with Crippen molar-refractivity contribution in [2.24, 2.45) is 0 Å². The maximum absolute atomic E-state index is 13.5. The van der Waals surface area contributed by atoms with E-state index in [1.807, 2.05) is 28.9 Å². The van der Waals surface area contributed by atoms with Crippen LogP contribution in [0.25, 0.3) is 10.9 Å². The lowest BCUT2D eigenvalue weighted by molar-refractivity contribution is 0.186. The first-order chi connectivity index (χ1) is 17.8. The fourth-order valence-corrected chi connectivity index (χ4v) is 4.87. The van der Waals surface area contributed by atoms with E-state index in [0.29, 0.717) is 30.2 Å². The Morgan fingerprint density at radius 2 is 1.81 bits per heavy atom. The number of aromatic amines is 1. The van der Waals surface area contributed by atoms with Crippen molar-refractivity contribution >= 4 is 16.6 Å². The number of methoxy groups -OCH3 is 1. The van der Waals surface area contributed by atoms with Gasteiger partial charge in [-0.05, 0) is 79.2 Å². The summed E-state index contributed by atoms with van der Waals surface area (Å²) in [6.45, 7) is 9.07. The van der Waals surface area contributed by atoms with Gasteiger partial charge >= 0.3 is 0 Å². The number of halogens is 1. The zero-order valence-electron chi connectivity index (χ0n) is 21.6. The van der Waals surface area contributed by atoms with Crippen molar-refractivity contribution in [1.82, 2.24) is 30.1 Å². The molecule has 0 bridgehead atoms. The Labute approximate surface area is 214 Å². The molecule has 1 aliphatic heterocycles. The number of benzene rings is 2. The van der Waals surface area contributed by atoms with E-state index >= 15 is 0 Å². The number of piperazine rings is 1. The van der Waals surface area contributed by atoms with Crippen molar-refractivity contribution in [3.05, 3.63) is 76.1 Å². The second-order valence-electron chi connectivity index (χ2n) is 10.0. The van der Waals surface area contributed by atoms with Gasteiger partial charge in [0.2, 0.25) is 0 Å². The molecule has 10 heteroatoms. The van der Waals surface area contributed by atoms with Gasteiger partial charge in [-0.2, -0.15) is 0 Å². The minimum atomic E-state index is -0.449. The van der Waals surface area contributed by atoms with Gasteiger partial charge in [0.1, 0.15) is 17.6 Å². The minimum Gasteiger partial charge on any atom is -0.497 e. The SMILES string of the molecule is CCC(C)(C)n1nnnc1C(c1cc2cc(OC)ccc2[nH]c1=O)N1CCN(c2ccc(F)cc2)CC1. The molecule has 1 N–H and O–H groups in total. The van der Waals surface area contributed by atoms with Gasteiger partial charge in [0.05, 0.1) is 12.6 Å². The Morgan fingerprint density at radius 1 is 1.08 bits per heavy atom. The summed E-state index contributed by atoms with van der Waals surface area (Å²) in [6, 6.07) is 13.6. The molecule has 2 aromatic carbocycles. The number of nitrogens with zero attached hydrogens (tertiary/aromatic N) is 6. The lowest BCUT2D eigenvalue weighted by Crippen LogP contribution is -2.49. The van der Waals surface area contributed by atoms with Crippen molar-refractivity contribution in [2.45, 2.75) is 38.8 Å². The van der Waals surface area contributed by atoms with E-state index < -0.39 is 6.04 Å². The summed E-state index contributed by atoms with van der Waals surface area (Å²) in [6.07, 6.45) is 0.821. The van der Waals surface area contributed by atoms with Gasteiger partial charge in [-0.1, -0.05) is 6.92 Å². The normalized spacial score (nSPS) is 15.8. The molecule has 9 nitrogen and oxygen atoms in total. The summed E-state index contributed by atoms with van der Waals surface area (Å²) in [4.78, 5) is 21.0. The zero-order valence-corrected chi connectivity index (χ0v) is 21.6. The number of rotatable bonds is 7. The molecule has 0 saturated carbocycles. The predicted octanol–water partition coefficient (Wildman–Crippen LogP) is 3.72. The van der Waals surface area contributed by atoms with Gasteiger partial charge in [0.25, 0.3) is 5.56 Å². The van der Waals surface area contributed by atoms with E-state index in [-0.39, 0.29) is 16.9 Å². The van der Waals surface area contributed by atoms with Crippen LogP contribution in [0.2, 0.25) is 0 Å². The zero-order chi connectivity index (χ0) is 26.2. The molecule has 1 fully saturated rings. The molecular weight excluding hydrogens is 473 g/mol. The van der Waals surface area contributed by atoms with Crippen molar-refractivity contribution in [3.63, 3.8) is 0 Å². The van der Waals surface area contributed by atoms with Gasteiger partial charge < -0.3 is 14.6 Å². The fraction of sp³-hybridized carbons (Fsp3) is 0.407. The van der Waals surface area contributed by atoms with Crippen LogP contribution in [0.1, 0.15) is 44.6 Å². The third kappa shape index (κ3) is 4.81. The highest BCUT2D eigenvalue weighted by Crippen LogP contribution is 2.32. The molecule has 1 saturated heterocycles. The van der Waals surface area contributed by atoms with Crippen LogP contribution in [-0.2, 0) is 5.54 Å². The number of fused-ring (bicyclic) bond motifs is 1. The quantitative estimate of drug-likeness (QED) is 0.409. The monoisotopic (exact) mass is 505 g/mol. The van der Waals surface area contributed by atoms with Crippen LogP contribution in [-0.4, -0.2) is 63.4 Å². The van der Waals surface area contributed by atoms with E-state index in [9.17, 15) is 9.18 Å². The number of anilines is 1. The van der Waals surface area contributed by atoms with Gasteiger partial charge in [-0.15, -0.1) is 5.10 Å². The number of pyridine rings is 1. The van der Waals surface area contributed by atoms with Crippen molar-refractivity contribution in [2.75, 3.05) is 38.2 Å². The van der Waals surface area contributed by atoms with Crippen LogP contribution in [0, 0.1) is 5.82 Å². The highest BCUT2D eigenvalue weighted by molar-refractivity contribution is 5.80. The number of aromatic nitrogens is 5. The number of nitrogens with one attached hydrogen (secondary N) is 1. The van der Waals surface area contributed by atoms with Gasteiger partial charge in [0.15, 0.2) is 5.82 Å². The molecule has 1 aliphatic rings. The van der Waals surface area contributed by atoms with E-state index in [4.69, 9.17) is 4.74 Å². The molecule has 0 radical (unpaired) electrons. The summed E-state index contributed by atoms with van der Waals surface area (Å²) in [5.41, 5.74) is 1.79. The van der Waals surface area contributed by atoms with Crippen LogP contribution >= 0.6 is 0 Å². The first-order valence-electron chi connectivity index (χ1n) is 12.5.